The lowest BCUT2D eigenvalue weighted by molar-refractivity contribution is 1.62. The monoisotopic (exact) mass is 494 g/mol. The molecule has 0 aliphatic carbocycles. The molecule has 0 aliphatic heterocycles. The van der Waals surface area contributed by atoms with Crippen molar-refractivity contribution in [2.75, 3.05) is 0 Å². The van der Waals surface area contributed by atoms with Crippen molar-refractivity contribution in [3.05, 3.63) is 131 Å². The Morgan fingerprint density at radius 1 is 0.333 bits per heavy atom. The number of benzene rings is 5. The van der Waals surface area contributed by atoms with Gasteiger partial charge in [0.25, 0.3) is 0 Å². The third-order valence-corrected chi connectivity index (χ3v) is 8.98. The summed E-state index contributed by atoms with van der Waals surface area (Å²) in [6, 6.07) is 39.5. The first-order chi connectivity index (χ1) is 17.8. The van der Waals surface area contributed by atoms with E-state index >= 15 is 0 Å². The molecular weight excluding hydrogens is 473 g/mol. The molecule has 0 radical (unpaired) electrons. The van der Waals surface area contributed by atoms with E-state index in [1.54, 1.807) is 0 Å². The van der Waals surface area contributed by atoms with Gasteiger partial charge in [0.15, 0.2) is 0 Å². The molecule has 0 bridgehead atoms. The second kappa shape index (κ2) is 8.91. The van der Waals surface area contributed by atoms with Gasteiger partial charge in [-0.15, -0.1) is 22.7 Å². The fourth-order valence-electron chi connectivity index (χ4n) is 4.80. The van der Waals surface area contributed by atoms with Gasteiger partial charge in [-0.2, -0.15) is 0 Å². The molecule has 36 heavy (non-hydrogen) atoms. The lowest BCUT2D eigenvalue weighted by atomic mass is 10.1. The molecule has 7 aromatic rings. The lowest BCUT2D eigenvalue weighted by Crippen LogP contribution is -1.76. The summed E-state index contributed by atoms with van der Waals surface area (Å²) in [6.45, 7) is 0. The summed E-state index contributed by atoms with van der Waals surface area (Å²) < 4.78 is 5.38. The summed E-state index contributed by atoms with van der Waals surface area (Å²) in [5, 5.41) is 5.36. The average molecular weight is 495 g/mol. The summed E-state index contributed by atoms with van der Waals surface area (Å²) >= 11 is 3.72. The Morgan fingerprint density at radius 3 is 1.17 bits per heavy atom. The molecule has 0 N–H and O–H groups in total. The van der Waals surface area contributed by atoms with Crippen molar-refractivity contribution in [3.63, 3.8) is 0 Å². The number of thiophene rings is 2. The van der Waals surface area contributed by atoms with Crippen molar-refractivity contribution in [3.8, 4) is 0 Å². The van der Waals surface area contributed by atoms with Gasteiger partial charge in [0.1, 0.15) is 0 Å². The minimum atomic E-state index is 1.20. The van der Waals surface area contributed by atoms with Crippen LogP contribution in [0.1, 0.15) is 22.3 Å². The van der Waals surface area contributed by atoms with Gasteiger partial charge in [-0.25, -0.2) is 0 Å². The molecule has 0 unspecified atom stereocenters. The topological polar surface area (TPSA) is 0 Å². The van der Waals surface area contributed by atoms with Gasteiger partial charge in [0.05, 0.1) is 0 Å². The minimum absolute atomic E-state index is 1.20. The highest BCUT2D eigenvalue weighted by atomic mass is 32.1. The van der Waals surface area contributed by atoms with E-state index in [2.05, 4.69) is 133 Å². The Balaban J connectivity index is 1.11. The van der Waals surface area contributed by atoms with Crippen molar-refractivity contribution in [1.29, 1.82) is 0 Å². The summed E-state index contributed by atoms with van der Waals surface area (Å²) in [6.07, 6.45) is 8.80. The maximum Gasteiger partial charge on any atom is 0.0355 e. The van der Waals surface area contributed by atoms with Crippen LogP contribution in [0.2, 0.25) is 0 Å². The van der Waals surface area contributed by atoms with Crippen LogP contribution in [0.25, 0.3) is 64.6 Å². The normalized spacial score (nSPS) is 12.2. The molecular formula is C34H22S2. The van der Waals surface area contributed by atoms with Gasteiger partial charge in [0, 0.05) is 40.3 Å². The third-order valence-electron chi connectivity index (χ3n) is 6.67. The van der Waals surface area contributed by atoms with Crippen molar-refractivity contribution >= 4 is 87.3 Å². The van der Waals surface area contributed by atoms with Crippen LogP contribution in [-0.4, -0.2) is 0 Å². The van der Waals surface area contributed by atoms with E-state index in [1.165, 1.54) is 62.6 Å². The Bertz CT molecular complexity index is 1790. The smallest absolute Gasteiger partial charge is 0.0355 e. The highest BCUT2D eigenvalue weighted by molar-refractivity contribution is 7.26. The number of rotatable bonds is 4. The van der Waals surface area contributed by atoms with Crippen LogP contribution in [0.5, 0.6) is 0 Å². The van der Waals surface area contributed by atoms with Gasteiger partial charge in [-0.05, 0) is 58.7 Å². The van der Waals surface area contributed by atoms with Crippen LogP contribution in [0.3, 0.4) is 0 Å². The molecule has 5 aromatic carbocycles. The largest absolute Gasteiger partial charge is 0.135 e. The Hall–Kier alpha value is -3.98. The zero-order valence-corrected chi connectivity index (χ0v) is 21.2. The summed E-state index contributed by atoms with van der Waals surface area (Å²) in [7, 11) is 0. The van der Waals surface area contributed by atoms with Crippen LogP contribution >= 0.6 is 22.7 Å². The fraction of sp³-hybridized carbons (Fsp3) is 0. The van der Waals surface area contributed by atoms with E-state index in [-0.39, 0.29) is 0 Å². The first-order valence-corrected chi connectivity index (χ1v) is 13.7. The minimum Gasteiger partial charge on any atom is -0.135 e. The van der Waals surface area contributed by atoms with E-state index in [0.717, 1.165) is 0 Å². The molecule has 7 rings (SSSR count). The number of hydrogen-bond acceptors (Lipinski definition) is 2. The van der Waals surface area contributed by atoms with Gasteiger partial charge in [-0.3, -0.25) is 0 Å². The molecule has 170 valence electrons. The van der Waals surface area contributed by atoms with Crippen LogP contribution in [0.15, 0.2) is 109 Å². The van der Waals surface area contributed by atoms with Crippen molar-refractivity contribution in [1.82, 2.24) is 0 Å². The second-order valence-electron chi connectivity index (χ2n) is 9.04. The number of fused-ring (bicyclic) bond motifs is 6. The van der Waals surface area contributed by atoms with Gasteiger partial charge < -0.3 is 0 Å². The molecule has 0 saturated heterocycles. The van der Waals surface area contributed by atoms with Gasteiger partial charge >= 0.3 is 0 Å². The molecule has 0 nitrogen and oxygen atoms in total. The third kappa shape index (κ3) is 3.95. The van der Waals surface area contributed by atoms with Crippen molar-refractivity contribution < 1.29 is 0 Å². The Kier molecular flexibility index (Phi) is 5.27. The standard InChI is InChI=1S/C34H22S2/c1-3-7-31-27(5-1)29-21-25(17-19-33(29)35-31)15-13-23-9-11-24(12-10-23)14-16-26-18-20-34-30(22-26)28-6-2-4-8-32(28)36-34/h1-22H. The zero-order chi connectivity index (χ0) is 23.9. The van der Waals surface area contributed by atoms with E-state index in [1.807, 2.05) is 22.7 Å². The van der Waals surface area contributed by atoms with Crippen LogP contribution in [-0.2, 0) is 0 Å². The van der Waals surface area contributed by atoms with Crippen molar-refractivity contribution in [2.24, 2.45) is 0 Å². The highest BCUT2D eigenvalue weighted by Crippen LogP contribution is 2.35. The van der Waals surface area contributed by atoms with E-state index in [0.29, 0.717) is 0 Å². The van der Waals surface area contributed by atoms with Crippen LogP contribution < -0.4 is 0 Å². The fourth-order valence-corrected chi connectivity index (χ4v) is 6.97. The molecule has 0 fully saturated rings. The van der Waals surface area contributed by atoms with Crippen LogP contribution in [0.4, 0.5) is 0 Å². The van der Waals surface area contributed by atoms with E-state index in [4.69, 9.17) is 0 Å². The van der Waals surface area contributed by atoms with Crippen molar-refractivity contribution in [2.45, 2.75) is 0 Å². The van der Waals surface area contributed by atoms with Crippen LogP contribution in [0, 0.1) is 0 Å². The molecule has 2 heterocycles. The summed E-state index contributed by atoms with van der Waals surface area (Å²) in [5.41, 5.74) is 4.86. The molecule has 0 spiro atoms. The average Bonchev–Trinajstić information content (AvgIpc) is 3.49. The predicted molar refractivity (Wildman–Crippen MR) is 163 cm³/mol. The highest BCUT2D eigenvalue weighted by Gasteiger charge is 2.05. The molecule has 2 aromatic heterocycles. The summed E-state index contributed by atoms with van der Waals surface area (Å²) in [5.74, 6) is 0. The first kappa shape index (κ1) is 21.3. The predicted octanol–water partition coefficient (Wildman–Crippen LogP) is 10.8. The van der Waals surface area contributed by atoms with E-state index < -0.39 is 0 Å². The Morgan fingerprint density at radius 2 is 0.694 bits per heavy atom. The van der Waals surface area contributed by atoms with Gasteiger partial charge in [0.2, 0.25) is 0 Å². The maximum absolute atomic E-state index is 2.30. The van der Waals surface area contributed by atoms with E-state index in [9.17, 15) is 0 Å². The molecule has 2 heteroatoms. The zero-order valence-electron chi connectivity index (χ0n) is 19.5. The molecule has 0 amide bonds. The SMILES string of the molecule is C(=Cc1ccc2sc3ccccc3c2c1)c1ccc(C=Cc2ccc3sc4ccccc4c3c2)cc1. The summed E-state index contributed by atoms with van der Waals surface area (Å²) in [4.78, 5) is 0. The molecule has 0 atom stereocenters. The Labute approximate surface area is 218 Å². The molecule has 0 aliphatic rings. The van der Waals surface area contributed by atoms with Gasteiger partial charge in [-0.1, -0.05) is 97.1 Å². The first-order valence-electron chi connectivity index (χ1n) is 12.1. The quantitative estimate of drug-likeness (QED) is 0.213. The number of hydrogen-bond donors (Lipinski definition) is 0. The maximum atomic E-state index is 2.30. The lowest BCUT2D eigenvalue weighted by Gasteiger charge is -1.99. The second-order valence-corrected chi connectivity index (χ2v) is 11.2. The molecule has 0 saturated carbocycles.